The maximum Gasteiger partial charge on any atom is 0.165 e. The van der Waals surface area contributed by atoms with E-state index in [1.165, 1.54) is 5.56 Å². The van der Waals surface area contributed by atoms with Crippen molar-refractivity contribution in [2.75, 3.05) is 19.7 Å². The number of hydrogen-bond donors (Lipinski definition) is 1. The van der Waals surface area contributed by atoms with Gasteiger partial charge in [-0.1, -0.05) is 35.9 Å². The Labute approximate surface area is 160 Å². The third-order valence-electron chi connectivity index (χ3n) is 5.07. The van der Waals surface area contributed by atoms with E-state index in [0.717, 1.165) is 48.0 Å². The number of fused-ring (bicyclic) bond motifs is 1. The predicted molar refractivity (Wildman–Crippen MR) is 103 cm³/mol. The summed E-state index contributed by atoms with van der Waals surface area (Å²) < 4.78 is 12.6. The van der Waals surface area contributed by atoms with E-state index >= 15 is 0 Å². The molecule has 0 spiro atoms. The molecule has 1 unspecified atom stereocenters. The lowest BCUT2D eigenvalue weighted by atomic mass is 9.88. The van der Waals surface area contributed by atoms with Gasteiger partial charge in [0.05, 0.1) is 0 Å². The molecule has 1 atom stereocenters. The first-order chi connectivity index (χ1) is 11.7. The Balaban J connectivity index is 0.00000182. The van der Waals surface area contributed by atoms with Crippen LogP contribution in [0.2, 0.25) is 5.02 Å². The summed E-state index contributed by atoms with van der Waals surface area (Å²) in [5.74, 6) is 2.32. The smallest absolute Gasteiger partial charge is 0.165 e. The standard InChI is InChI=1S/C20H22ClNO2.ClH/c1-20(15-5-7-16(21)8-6-15)13-23-19-17(3-2-4-18(19)24-20)14-9-11-22-12-10-14;/h2-8,14,22H,9-13H2,1H3;1H. The quantitative estimate of drug-likeness (QED) is 0.803. The van der Waals surface area contributed by atoms with Gasteiger partial charge in [0.2, 0.25) is 0 Å². The average molecular weight is 380 g/mol. The van der Waals surface area contributed by atoms with Gasteiger partial charge in [0.15, 0.2) is 17.1 Å². The van der Waals surface area contributed by atoms with Gasteiger partial charge in [0.1, 0.15) is 6.61 Å². The molecule has 1 saturated heterocycles. The molecule has 3 nitrogen and oxygen atoms in total. The number of benzene rings is 2. The number of para-hydroxylation sites is 1. The van der Waals surface area contributed by atoms with Crippen molar-refractivity contribution in [1.29, 1.82) is 0 Å². The fourth-order valence-corrected chi connectivity index (χ4v) is 3.77. The van der Waals surface area contributed by atoms with E-state index in [1.807, 2.05) is 30.3 Å². The lowest BCUT2D eigenvalue weighted by Crippen LogP contribution is -2.39. The van der Waals surface area contributed by atoms with Crippen LogP contribution in [0, 0.1) is 0 Å². The number of hydrogen-bond acceptors (Lipinski definition) is 3. The second-order valence-electron chi connectivity index (χ2n) is 6.83. The van der Waals surface area contributed by atoms with Crippen LogP contribution in [0.15, 0.2) is 42.5 Å². The summed E-state index contributed by atoms with van der Waals surface area (Å²) in [4.78, 5) is 0. The molecule has 0 aliphatic carbocycles. The van der Waals surface area contributed by atoms with Crippen molar-refractivity contribution in [3.05, 3.63) is 58.6 Å². The molecule has 1 N–H and O–H groups in total. The van der Waals surface area contributed by atoms with Crippen LogP contribution in [0.25, 0.3) is 0 Å². The number of ether oxygens (including phenoxy) is 2. The summed E-state index contributed by atoms with van der Waals surface area (Å²) in [5.41, 5.74) is 1.86. The summed E-state index contributed by atoms with van der Waals surface area (Å²) in [7, 11) is 0. The molecule has 2 aliphatic heterocycles. The topological polar surface area (TPSA) is 30.5 Å². The second-order valence-corrected chi connectivity index (χ2v) is 7.26. The van der Waals surface area contributed by atoms with E-state index in [9.17, 15) is 0 Å². The molecule has 2 aliphatic rings. The van der Waals surface area contributed by atoms with Crippen molar-refractivity contribution in [1.82, 2.24) is 5.32 Å². The monoisotopic (exact) mass is 379 g/mol. The predicted octanol–water partition coefficient (Wildman–Crippen LogP) is 4.92. The lowest BCUT2D eigenvalue weighted by Gasteiger charge is -2.37. The van der Waals surface area contributed by atoms with Crippen molar-refractivity contribution in [2.24, 2.45) is 0 Å². The van der Waals surface area contributed by atoms with Crippen LogP contribution in [-0.2, 0) is 5.60 Å². The van der Waals surface area contributed by atoms with Gasteiger partial charge in [-0.15, -0.1) is 12.4 Å². The van der Waals surface area contributed by atoms with E-state index in [1.54, 1.807) is 0 Å². The summed E-state index contributed by atoms with van der Waals surface area (Å²) in [6, 6.07) is 14.1. The molecule has 5 heteroatoms. The van der Waals surface area contributed by atoms with E-state index in [4.69, 9.17) is 21.1 Å². The molecular formula is C20H23Cl2NO2. The Hall–Kier alpha value is -1.42. The van der Waals surface area contributed by atoms with Crippen molar-refractivity contribution in [2.45, 2.75) is 31.3 Å². The molecule has 0 saturated carbocycles. The Morgan fingerprint density at radius 3 is 2.52 bits per heavy atom. The van der Waals surface area contributed by atoms with E-state index in [-0.39, 0.29) is 12.4 Å². The minimum absolute atomic E-state index is 0. The molecule has 2 heterocycles. The largest absolute Gasteiger partial charge is 0.485 e. The molecule has 25 heavy (non-hydrogen) atoms. The summed E-state index contributed by atoms with van der Waals surface area (Å²) >= 11 is 6.01. The Bertz CT molecular complexity index is 729. The van der Waals surface area contributed by atoms with Gasteiger partial charge in [-0.3, -0.25) is 0 Å². The van der Waals surface area contributed by atoms with Crippen molar-refractivity contribution >= 4 is 24.0 Å². The summed E-state index contributed by atoms with van der Waals surface area (Å²) in [6.07, 6.45) is 2.29. The van der Waals surface area contributed by atoms with Crippen LogP contribution < -0.4 is 14.8 Å². The highest BCUT2D eigenvalue weighted by Crippen LogP contribution is 2.45. The zero-order valence-corrected chi connectivity index (χ0v) is 15.8. The number of piperidine rings is 1. The number of halogens is 2. The Morgan fingerprint density at radius 2 is 1.80 bits per heavy atom. The van der Waals surface area contributed by atoms with Gasteiger partial charge < -0.3 is 14.8 Å². The zero-order chi connectivity index (χ0) is 16.6. The molecule has 134 valence electrons. The third kappa shape index (κ3) is 3.59. The van der Waals surface area contributed by atoms with Crippen molar-refractivity contribution < 1.29 is 9.47 Å². The molecule has 0 aromatic heterocycles. The second kappa shape index (κ2) is 7.45. The minimum Gasteiger partial charge on any atom is -0.485 e. The molecule has 4 rings (SSSR count). The van der Waals surface area contributed by atoms with Gasteiger partial charge in [0.25, 0.3) is 0 Å². The van der Waals surface area contributed by atoms with Crippen LogP contribution in [0.5, 0.6) is 11.5 Å². The molecule has 2 aromatic rings. The van der Waals surface area contributed by atoms with Crippen LogP contribution in [0.1, 0.15) is 36.8 Å². The fraction of sp³-hybridized carbons (Fsp3) is 0.400. The van der Waals surface area contributed by atoms with Gasteiger partial charge in [-0.25, -0.2) is 0 Å². The molecule has 2 aromatic carbocycles. The molecule has 1 fully saturated rings. The Kier molecular flexibility index (Phi) is 5.47. The van der Waals surface area contributed by atoms with Gasteiger partial charge >= 0.3 is 0 Å². The minimum atomic E-state index is -0.496. The highest BCUT2D eigenvalue weighted by molar-refractivity contribution is 6.30. The average Bonchev–Trinajstić information content (AvgIpc) is 2.62. The van der Waals surface area contributed by atoms with Gasteiger partial charge in [-0.05, 0) is 62.5 Å². The molecule has 0 amide bonds. The first-order valence-electron chi connectivity index (χ1n) is 8.57. The van der Waals surface area contributed by atoms with E-state index in [0.29, 0.717) is 12.5 Å². The maximum atomic E-state index is 6.39. The van der Waals surface area contributed by atoms with Gasteiger partial charge in [0, 0.05) is 10.6 Å². The first-order valence-corrected chi connectivity index (χ1v) is 8.95. The Morgan fingerprint density at radius 1 is 1.08 bits per heavy atom. The fourth-order valence-electron chi connectivity index (χ4n) is 3.65. The molecule has 0 bridgehead atoms. The third-order valence-corrected chi connectivity index (χ3v) is 5.32. The first kappa shape index (κ1) is 18.4. The van der Waals surface area contributed by atoms with Crippen LogP contribution in [0.4, 0.5) is 0 Å². The van der Waals surface area contributed by atoms with Crippen molar-refractivity contribution in [3.8, 4) is 11.5 Å². The number of nitrogens with one attached hydrogen (secondary N) is 1. The maximum absolute atomic E-state index is 6.39. The van der Waals surface area contributed by atoms with E-state index < -0.39 is 5.60 Å². The molecular weight excluding hydrogens is 357 g/mol. The highest BCUT2D eigenvalue weighted by Gasteiger charge is 2.36. The summed E-state index contributed by atoms with van der Waals surface area (Å²) in [6.45, 7) is 4.70. The van der Waals surface area contributed by atoms with Crippen molar-refractivity contribution in [3.63, 3.8) is 0 Å². The molecule has 0 radical (unpaired) electrons. The van der Waals surface area contributed by atoms with Gasteiger partial charge in [-0.2, -0.15) is 0 Å². The van der Waals surface area contributed by atoms with E-state index in [2.05, 4.69) is 24.4 Å². The SMILES string of the molecule is CC1(c2ccc(Cl)cc2)COc2c(cccc2C2CCNCC2)O1.Cl. The van der Waals surface area contributed by atoms with Crippen LogP contribution in [0.3, 0.4) is 0 Å². The van der Waals surface area contributed by atoms with Crippen LogP contribution >= 0.6 is 24.0 Å². The summed E-state index contributed by atoms with van der Waals surface area (Å²) in [5, 5.41) is 4.15. The van der Waals surface area contributed by atoms with Crippen LogP contribution in [-0.4, -0.2) is 19.7 Å². The lowest BCUT2D eigenvalue weighted by molar-refractivity contribution is 0.00149. The highest BCUT2D eigenvalue weighted by atomic mass is 35.5. The number of rotatable bonds is 2. The zero-order valence-electron chi connectivity index (χ0n) is 14.3. The normalized spacial score (nSPS) is 23.0.